The Morgan fingerprint density at radius 1 is 1.14 bits per heavy atom. The standard InChI is InChI=1S/C13H27N.CHF3O3S/c1-3-4-5-6-8-11-14-12-9-7-10-13(14)2;2-1(3,4)8(5,6)7/h13H,3-12H2,1-2H3;(H,5,6,7). The Hall–Kier alpha value is -0.340. The number of nitrogens with one attached hydrogen (secondary N) is 1. The monoisotopic (exact) mass is 347 g/mol. The van der Waals surface area contributed by atoms with Gasteiger partial charge in [0.15, 0.2) is 10.1 Å². The lowest BCUT2D eigenvalue weighted by atomic mass is 10.0. The first-order valence-corrected chi connectivity index (χ1v) is 9.37. The van der Waals surface area contributed by atoms with E-state index < -0.39 is 15.6 Å². The van der Waals surface area contributed by atoms with Crippen molar-refractivity contribution in [3.8, 4) is 0 Å². The van der Waals surface area contributed by atoms with Gasteiger partial charge in [-0.05, 0) is 39.0 Å². The molecule has 1 aliphatic rings. The van der Waals surface area contributed by atoms with E-state index >= 15 is 0 Å². The fraction of sp³-hybridized carbons (Fsp3) is 1.00. The molecule has 0 aromatic heterocycles. The van der Waals surface area contributed by atoms with Gasteiger partial charge >= 0.3 is 5.51 Å². The molecule has 4 nitrogen and oxygen atoms in total. The second-order valence-electron chi connectivity index (χ2n) is 5.87. The highest BCUT2D eigenvalue weighted by Gasteiger charge is 2.36. The van der Waals surface area contributed by atoms with E-state index in [4.69, 9.17) is 13.0 Å². The van der Waals surface area contributed by atoms with Crippen LogP contribution in [0.4, 0.5) is 13.2 Å². The normalized spacial score (nSPS) is 22.8. The number of rotatable bonds is 6. The lowest BCUT2D eigenvalue weighted by molar-refractivity contribution is -0.928. The maximum atomic E-state index is 10.7. The van der Waals surface area contributed by atoms with Gasteiger partial charge in [0.05, 0.1) is 19.1 Å². The fourth-order valence-corrected chi connectivity index (χ4v) is 2.58. The Kier molecular flexibility index (Phi) is 10.3. The van der Waals surface area contributed by atoms with Crippen molar-refractivity contribution in [3.05, 3.63) is 0 Å². The minimum atomic E-state index is -6.09. The molecule has 0 spiro atoms. The van der Waals surface area contributed by atoms with E-state index in [0.29, 0.717) is 0 Å². The van der Waals surface area contributed by atoms with Crippen molar-refractivity contribution in [1.82, 2.24) is 0 Å². The van der Waals surface area contributed by atoms with Crippen LogP contribution in [0.2, 0.25) is 0 Å². The summed E-state index contributed by atoms with van der Waals surface area (Å²) >= 11 is 0. The highest BCUT2D eigenvalue weighted by atomic mass is 32.2. The average Bonchev–Trinajstić information content (AvgIpc) is 2.39. The van der Waals surface area contributed by atoms with E-state index in [-0.39, 0.29) is 0 Å². The van der Waals surface area contributed by atoms with Gasteiger partial charge in [-0.2, -0.15) is 13.2 Å². The van der Waals surface area contributed by atoms with Crippen LogP contribution >= 0.6 is 0 Å². The maximum Gasteiger partial charge on any atom is 0.485 e. The Bertz CT molecular complexity index is 385. The molecule has 0 amide bonds. The number of hydrogen-bond donors (Lipinski definition) is 1. The minimum Gasteiger partial charge on any atom is -0.741 e. The largest absolute Gasteiger partial charge is 0.741 e. The van der Waals surface area contributed by atoms with Crippen molar-refractivity contribution in [2.75, 3.05) is 13.1 Å². The Morgan fingerprint density at radius 2 is 1.68 bits per heavy atom. The smallest absolute Gasteiger partial charge is 0.485 e. The third-order valence-corrected chi connectivity index (χ3v) is 4.53. The molecule has 1 aliphatic heterocycles. The minimum absolute atomic E-state index is 0.940. The van der Waals surface area contributed by atoms with Gasteiger partial charge < -0.3 is 9.45 Å². The summed E-state index contributed by atoms with van der Waals surface area (Å²) in [6.07, 6.45) is 11.6. The van der Waals surface area contributed by atoms with Gasteiger partial charge in [0.1, 0.15) is 0 Å². The molecule has 134 valence electrons. The van der Waals surface area contributed by atoms with Crippen molar-refractivity contribution < 1.29 is 31.0 Å². The first-order chi connectivity index (χ1) is 10.1. The fourth-order valence-electron chi connectivity index (χ4n) is 2.58. The van der Waals surface area contributed by atoms with Crippen LogP contribution < -0.4 is 4.90 Å². The van der Waals surface area contributed by atoms with Crippen LogP contribution in [0.25, 0.3) is 0 Å². The summed E-state index contributed by atoms with van der Waals surface area (Å²) in [5, 5.41) is 0. The summed E-state index contributed by atoms with van der Waals surface area (Å²) in [5.74, 6) is 0. The summed E-state index contributed by atoms with van der Waals surface area (Å²) in [4.78, 5) is 1.88. The highest BCUT2D eigenvalue weighted by Crippen LogP contribution is 2.20. The highest BCUT2D eigenvalue weighted by molar-refractivity contribution is 7.86. The predicted octanol–water partition coefficient (Wildman–Crippen LogP) is 2.47. The molecule has 0 radical (unpaired) electrons. The molecule has 1 heterocycles. The number of quaternary nitrogens is 1. The zero-order valence-electron chi connectivity index (χ0n) is 13.4. The van der Waals surface area contributed by atoms with Gasteiger partial charge in [0, 0.05) is 0 Å². The van der Waals surface area contributed by atoms with Gasteiger partial charge in [0.25, 0.3) is 0 Å². The maximum absolute atomic E-state index is 10.7. The lowest BCUT2D eigenvalue weighted by Crippen LogP contribution is -3.16. The summed E-state index contributed by atoms with van der Waals surface area (Å²) in [6, 6.07) is 0.940. The second kappa shape index (κ2) is 10.4. The van der Waals surface area contributed by atoms with Crippen LogP contribution in [0, 0.1) is 0 Å². The third kappa shape index (κ3) is 9.63. The first-order valence-electron chi connectivity index (χ1n) is 7.96. The number of likely N-dealkylation sites (tertiary alicyclic amines) is 1. The molecular weight excluding hydrogens is 319 g/mol. The van der Waals surface area contributed by atoms with Gasteiger partial charge in [-0.25, -0.2) is 8.42 Å². The summed E-state index contributed by atoms with van der Waals surface area (Å²) in [7, 11) is -6.09. The Labute approximate surface area is 131 Å². The van der Waals surface area contributed by atoms with Gasteiger partial charge in [0.2, 0.25) is 0 Å². The van der Waals surface area contributed by atoms with E-state index in [0.717, 1.165) is 6.04 Å². The Morgan fingerprint density at radius 3 is 2.14 bits per heavy atom. The second-order valence-corrected chi connectivity index (χ2v) is 7.24. The van der Waals surface area contributed by atoms with E-state index in [1.165, 1.54) is 64.5 Å². The average molecular weight is 347 g/mol. The van der Waals surface area contributed by atoms with Gasteiger partial charge in [-0.1, -0.05) is 26.2 Å². The third-order valence-electron chi connectivity index (χ3n) is 3.97. The molecule has 2 unspecified atom stereocenters. The van der Waals surface area contributed by atoms with Crippen LogP contribution in [0.15, 0.2) is 0 Å². The molecule has 1 fully saturated rings. The molecule has 0 aliphatic carbocycles. The number of halogens is 3. The van der Waals surface area contributed by atoms with Crippen LogP contribution in [-0.4, -0.2) is 37.6 Å². The van der Waals surface area contributed by atoms with E-state index in [9.17, 15) is 13.2 Å². The van der Waals surface area contributed by atoms with Crippen molar-refractivity contribution >= 4 is 10.1 Å². The van der Waals surface area contributed by atoms with Crippen LogP contribution in [0.1, 0.15) is 65.2 Å². The number of alkyl halides is 3. The molecule has 0 aromatic carbocycles. The number of hydrogen-bond acceptors (Lipinski definition) is 3. The molecule has 2 atom stereocenters. The van der Waals surface area contributed by atoms with E-state index in [1.807, 2.05) is 4.90 Å². The van der Waals surface area contributed by atoms with Gasteiger partial charge in [-0.3, -0.25) is 0 Å². The Balaban J connectivity index is 0.000000472. The van der Waals surface area contributed by atoms with Crippen molar-refractivity contribution in [3.63, 3.8) is 0 Å². The van der Waals surface area contributed by atoms with Crippen molar-refractivity contribution in [2.24, 2.45) is 0 Å². The van der Waals surface area contributed by atoms with Crippen molar-refractivity contribution in [2.45, 2.75) is 76.8 Å². The lowest BCUT2D eigenvalue weighted by Gasteiger charge is -2.30. The van der Waals surface area contributed by atoms with Crippen LogP contribution in [-0.2, 0) is 10.1 Å². The molecular formula is C14H28F3NO3S. The van der Waals surface area contributed by atoms with Crippen LogP contribution in [0.3, 0.4) is 0 Å². The summed E-state index contributed by atoms with van der Waals surface area (Å²) in [5.41, 5.74) is -5.65. The topological polar surface area (TPSA) is 61.6 Å². The molecule has 0 bridgehead atoms. The molecule has 1 rings (SSSR count). The zero-order chi connectivity index (χ0) is 17.2. The van der Waals surface area contributed by atoms with Gasteiger partial charge in [-0.15, -0.1) is 0 Å². The zero-order valence-corrected chi connectivity index (χ0v) is 14.2. The molecule has 1 saturated heterocycles. The summed E-state index contributed by atoms with van der Waals surface area (Å²) in [6.45, 7) is 7.60. The van der Waals surface area contributed by atoms with E-state index in [2.05, 4.69) is 13.8 Å². The molecule has 0 aromatic rings. The van der Waals surface area contributed by atoms with Crippen LogP contribution in [0.5, 0.6) is 0 Å². The molecule has 22 heavy (non-hydrogen) atoms. The SMILES string of the molecule is CCCCCCC[NH+]1CCCCC1C.O=S(=O)([O-])C(F)(F)F. The molecule has 0 saturated carbocycles. The number of piperidine rings is 1. The summed E-state index contributed by atoms with van der Waals surface area (Å²) < 4.78 is 58.9. The quantitative estimate of drug-likeness (QED) is 0.456. The van der Waals surface area contributed by atoms with E-state index in [1.54, 1.807) is 0 Å². The first kappa shape index (κ1) is 21.7. The van der Waals surface area contributed by atoms with Crippen molar-refractivity contribution in [1.29, 1.82) is 0 Å². The molecule has 1 N–H and O–H groups in total. The number of unbranched alkanes of at least 4 members (excludes halogenated alkanes) is 4. The predicted molar refractivity (Wildman–Crippen MR) is 78.5 cm³/mol. The molecule has 8 heteroatoms.